The predicted molar refractivity (Wildman–Crippen MR) is 98.6 cm³/mol. The van der Waals surface area contributed by atoms with Crippen molar-refractivity contribution in [3.63, 3.8) is 0 Å². The van der Waals surface area contributed by atoms with E-state index in [9.17, 15) is 13.2 Å². The smallest absolute Gasteiger partial charge is 0.408 e. The summed E-state index contributed by atoms with van der Waals surface area (Å²) in [5.74, 6) is -0.622. The van der Waals surface area contributed by atoms with Crippen molar-refractivity contribution >= 4 is 21.1 Å². The second-order valence-corrected chi connectivity index (χ2v) is 7.82. The number of H-pyrrole nitrogens is 1. The number of hydrogen-bond acceptors (Lipinski definition) is 5. The van der Waals surface area contributed by atoms with Gasteiger partial charge in [-0.15, -0.1) is 0 Å². The van der Waals surface area contributed by atoms with Gasteiger partial charge < -0.3 is 8.98 Å². The van der Waals surface area contributed by atoms with Crippen LogP contribution in [0.3, 0.4) is 0 Å². The molecule has 2 aromatic heterocycles. The van der Waals surface area contributed by atoms with Crippen LogP contribution in [0.15, 0.2) is 75.3 Å². The SMILES string of the molecule is O=c1[nH]c2cc(S(=O)(=O)NCc3ccc(Cn4ccnc4)cc3)ccc2o1. The summed E-state index contributed by atoms with van der Waals surface area (Å²) in [6.45, 7) is 0.864. The van der Waals surface area contributed by atoms with E-state index >= 15 is 0 Å². The van der Waals surface area contributed by atoms with Crippen LogP contribution in [0, 0.1) is 0 Å². The third-order valence-electron chi connectivity index (χ3n) is 4.11. The molecule has 0 aliphatic heterocycles. The Morgan fingerprint density at radius 2 is 1.89 bits per heavy atom. The van der Waals surface area contributed by atoms with E-state index in [1.807, 2.05) is 35.0 Å². The average Bonchev–Trinajstić information content (AvgIpc) is 3.29. The fourth-order valence-electron chi connectivity index (χ4n) is 2.71. The molecule has 138 valence electrons. The largest absolute Gasteiger partial charge is 0.417 e. The van der Waals surface area contributed by atoms with Gasteiger partial charge in [-0.3, -0.25) is 4.98 Å². The Kier molecular flexibility index (Phi) is 4.38. The van der Waals surface area contributed by atoms with Crippen molar-refractivity contribution in [1.29, 1.82) is 0 Å². The van der Waals surface area contributed by atoms with Gasteiger partial charge in [0.25, 0.3) is 0 Å². The van der Waals surface area contributed by atoms with Crippen molar-refractivity contribution in [1.82, 2.24) is 19.3 Å². The first-order valence-electron chi connectivity index (χ1n) is 8.16. The zero-order valence-electron chi connectivity index (χ0n) is 14.1. The number of sulfonamides is 1. The lowest BCUT2D eigenvalue weighted by Gasteiger charge is -2.08. The maximum absolute atomic E-state index is 12.5. The molecule has 0 fully saturated rings. The summed E-state index contributed by atoms with van der Waals surface area (Å²) in [7, 11) is -3.72. The number of hydrogen-bond donors (Lipinski definition) is 2. The molecule has 4 aromatic rings. The molecule has 27 heavy (non-hydrogen) atoms. The Morgan fingerprint density at radius 1 is 1.11 bits per heavy atom. The lowest BCUT2D eigenvalue weighted by molar-refractivity contribution is 0.555. The number of imidazole rings is 1. The summed E-state index contributed by atoms with van der Waals surface area (Å²) >= 11 is 0. The van der Waals surface area contributed by atoms with Crippen LogP contribution in [0.1, 0.15) is 11.1 Å². The van der Waals surface area contributed by atoms with E-state index in [-0.39, 0.29) is 11.4 Å². The van der Waals surface area contributed by atoms with Crippen LogP contribution in [-0.4, -0.2) is 23.0 Å². The molecule has 0 atom stereocenters. The molecular weight excluding hydrogens is 368 g/mol. The second kappa shape index (κ2) is 6.86. The lowest BCUT2D eigenvalue weighted by Crippen LogP contribution is -2.23. The Balaban J connectivity index is 1.45. The highest BCUT2D eigenvalue weighted by Gasteiger charge is 2.15. The van der Waals surface area contributed by atoms with E-state index in [4.69, 9.17) is 4.42 Å². The number of aromatic nitrogens is 3. The van der Waals surface area contributed by atoms with Crippen molar-refractivity contribution in [2.24, 2.45) is 0 Å². The summed E-state index contributed by atoms with van der Waals surface area (Å²) in [4.78, 5) is 17.7. The summed E-state index contributed by atoms with van der Waals surface area (Å²) < 4.78 is 34.4. The molecule has 2 aromatic carbocycles. The third-order valence-corrected chi connectivity index (χ3v) is 5.51. The number of rotatable bonds is 6. The highest BCUT2D eigenvalue weighted by molar-refractivity contribution is 7.89. The normalized spacial score (nSPS) is 11.9. The quantitative estimate of drug-likeness (QED) is 0.527. The standard InChI is InChI=1S/C18H16N4O4S/c23-18-21-16-9-15(5-6-17(16)26-18)27(24,25)20-10-13-1-3-14(4-2-13)11-22-8-7-19-12-22/h1-9,12,20H,10-11H2,(H,21,23). The van der Waals surface area contributed by atoms with Crippen LogP contribution >= 0.6 is 0 Å². The molecule has 9 heteroatoms. The number of nitrogens with zero attached hydrogens (tertiary/aromatic N) is 2. The molecule has 4 rings (SSSR count). The minimum atomic E-state index is -3.72. The average molecular weight is 384 g/mol. The van der Waals surface area contributed by atoms with Crippen molar-refractivity contribution in [3.8, 4) is 0 Å². The monoisotopic (exact) mass is 384 g/mol. The Bertz CT molecular complexity index is 1220. The van der Waals surface area contributed by atoms with Gasteiger partial charge in [0.05, 0.1) is 16.7 Å². The Hall–Kier alpha value is -3.17. The van der Waals surface area contributed by atoms with Gasteiger partial charge in [0, 0.05) is 25.5 Å². The lowest BCUT2D eigenvalue weighted by atomic mass is 10.1. The number of aromatic amines is 1. The molecule has 0 bridgehead atoms. The van der Waals surface area contributed by atoms with Crippen molar-refractivity contribution in [3.05, 3.63) is 82.9 Å². The van der Waals surface area contributed by atoms with Gasteiger partial charge in [-0.2, -0.15) is 0 Å². The third kappa shape index (κ3) is 3.83. The van der Waals surface area contributed by atoms with E-state index in [2.05, 4.69) is 14.7 Å². The first-order chi connectivity index (χ1) is 13.0. The molecule has 0 aliphatic carbocycles. The summed E-state index contributed by atoms with van der Waals surface area (Å²) in [5.41, 5.74) is 2.58. The predicted octanol–water partition coefficient (Wildman–Crippen LogP) is 1.84. The summed E-state index contributed by atoms with van der Waals surface area (Å²) in [6.07, 6.45) is 5.35. The van der Waals surface area contributed by atoms with Crippen molar-refractivity contribution in [2.45, 2.75) is 18.0 Å². The molecule has 0 unspecified atom stereocenters. The zero-order chi connectivity index (χ0) is 18.9. The van der Waals surface area contributed by atoms with Gasteiger partial charge in [0.15, 0.2) is 5.58 Å². The van der Waals surface area contributed by atoms with Crippen LogP contribution in [0.4, 0.5) is 0 Å². The molecule has 0 aliphatic rings. The van der Waals surface area contributed by atoms with Gasteiger partial charge in [-0.25, -0.2) is 22.9 Å². The molecule has 0 radical (unpaired) electrons. The molecule has 2 heterocycles. The van der Waals surface area contributed by atoms with Gasteiger partial charge in [-0.05, 0) is 29.3 Å². The minimum Gasteiger partial charge on any atom is -0.408 e. The fourth-order valence-corrected chi connectivity index (χ4v) is 3.76. The van der Waals surface area contributed by atoms with Gasteiger partial charge in [-0.1, -0.05) is 24.3 Å². The first-order valence-corrected chi connectivity index (χ1v) is 9.64. The number of benzene rings is 2. The Labute approximate surface area is 154 Å². The number of oxazole rings is 1. The molecule has 8 nitrogen and oxygen atoms in total. The van der Waals surface area contributed by atoms with E-state index in [1.54, 1.807) is 12.5 Å². The highest BCUT2D eigenvalue weighted by Crippen LogP contribution is 2.17. The molecule has 0 amide bonds. The molecular formula is C18H16N4O4S. The molecule has 2 N–H and O–H groups in total. The van der Waals surface area contributed by atoms with E-state index in [1.165, 1.54) is 18.2 Å². The van der Waals surface area contributed by atoms with Crippen LogP contribution in [0.5, 0.6) is 0 Å². The van der Waals surface area contributed by atoms with Crippen molar-refractivity contribution < 1.29 is 12.8 Å². The zero-order valence-corrected chi connectivity index (χ0v) is 14.9. The van der Waals surface area contributed by atoms with Crippen LogP contribution in [0.2, 0.25) is 0 Å². The van der Waals surface area contributed by atoms with E-state index < -0.39 is 15.8 Å². The van der Waals surface area contributed by atoms with Gasteiger partial charge in [0.1, 0.15) is 0 Å². The topological polar surface area (TPSA) is 110 Å². The molecule has 0 saturated carbocycles. The second-order valence-electron chi connectivity index (χ2n) is 6.05. The Morgan fingerprint density at radius 3 is 2.63 bits per heavy atom. The summed E-state index contributed by atoms with van der Waals surface area (Å²) in [5, 5.41) is 0. The fraction of sp³-hybridized carbons (Fsp3) is 0.111. The van der Waals surface area contributed by atoms with Gasteiger partial charge >= 0.3 is 5.76 Å². The molecule has 0 spiro atoms. The van der Waals surface area contributed by atoms with Crippen LogP contribution in [-0.2, 0) is 23.1 Å². The van der Waals surface area contributed by atoms with Crippen molar-refractivity contribution in [2.75, 3.05) is 0 Å². The summed E-state index contributed by atoms with van der Waals surface area (Å²) in [6, 6.07) is 11.9. The number of nitrogens with one attached hydrogen (secondary N) is 2. The maximum atomic E-state index is 12.5. The van der Waals surface area contributed by atoms with Crippen LogP contribution in [0.25, 0.3) is 11.1 Å². The first kappa shape index (κ1) is 17.3. The maximum Gasteiger partial charge on any atom is 0.417 e. The van der Waals surface area contributed by atoms with Gasteiger partial charge in [0.2, 0.25) is 10.0 Å². The van der Waals surface area contributed by atoms with Crippen LogP contribution < -0.4 is 10.5 Å². The van der Waals surface area contributed by atoms with E-state index in [0.717, 1.165) is 11.1 Å². The minimum absolute atomic E-state index is 0.0591. The highest BCUT2D eigenvalue weighted by atomic mass is 32.2. The number of fused-ring (bicyclic) bond motifs is 1. The van der Waals surface area contributed by atoms with E-state index in [0.29, 0.717) is 17.6 Å². The molecule has 0 saturated heterocycles.